The molecular formula is C14H11BrFNO2. The molecule has 1 aromatic heterocycles. The number of rotatable bonds is 4. The van der Waals surface area contributed by atoms with Gasteiger partial charge in [-0.25, -0.2) is 4.39 Å². The van der Waals surface area contributed by atoms with E-state index in [1.807, 2.05) is 6.07 Å². The maximum absolute atomic E-state index is 13.1. The minimum absolute atomic E-state index is 0.234. The average Bonchev–Trinajstić information content (AvgIpc) is 2.37. The summed E-state index contributed by atoms with van der Waals surface area (Å²) in [6.07, 6.45) is 3.34. The lowest BCUT2D eigenvalue weighted by atomic mass is 10.1. The number of carbonyl (C=O) groups excluding carboxylic acids is 1. The molecule has 3 nitrogen and oxygen atoms in total. The molecule has 0 aliphatic carbocycles. The van der Waals surface area contributed by atoms with Gasteiger partial charge in [-0.15, -0.1) is 0 Å². The predicted octanol–water partition coefficient (Wildman–Crippen LogP) is 3.76. The molecule has 0 spiro atoms. The van der Waals surface area contributed by atoms with Crippen molar-refractivity contribution in [3.05, 3.63) is 58.1 Å². The second-order valence-corrected chi connectivity index (χ2v) is 4.91. The zero-order valence-corrected chi connectivity index (χ0v) is 11.8. The van der Waals surface area contributed by atoms with Crippen molar-refractivity contribution < 1.29 is 13.9 Å². The quantitative estimate of drug-likeness (QED) is 0.804. The Morgan fingerprint density at radius 2 is 2.16 bits per heavy atom. The second-order valence-electron chi connectivity index (χ2n) is 4.00. The molecule has 2 aromatic rings. The fourth-order valence-electron chi connectivity index (χ4n) is 1.60. The first kappa shape index (κ1) is 13.7. The molecule has 1 aromatic carbocycles. The number of ether oxygens (including phenoxy) is 1. The number of pyridine rings is 1. The molecule has 1 heterocycles. The summed E-state index contributed by atoms with van der Waals surface area (Å²) in [6, 6.07) is 5.76. The van der Waals surface area contributed by atoms with Crippen LogP contribution in [0.1, 0.15) is 22.8 Å². The summed E-state index contributed by atoms with van der Waals surface area (Å²) in [5.74, 6) is -0.322. The summed E-state index contributed by atoms with van der Waals surface area (Å²) in [6.45, 7) is 1.64. The first-order chi connectivity index (χ1) is 9.06. The van der Waals surface area contributed by atoms with E-state index in [9.17, 15) is 9.18 Å². The van der Waals surface area contributed by atoms with Crippen LogP contribution in [0.25, 0.3) is 0 Å². The number of ketones is 1. The molecular weight excluding hydrogens is 313 g/mol. The lowest BCUT2D eigenvalue weighted by Gasteiger charge is -2.10. The van der Waals surface area contributed by atoms with E-state index in [2.05, 4.69) is 20.9 Å². The summed E-state index contributed by atoms with van der Waals surface area (Å²) < 4.78 is 19.5. The van der Waals surface area contributed by atoms with Crippen LogP contribution in [0.2, 0.25) is 0 Å². The van der Waals surface area contributed by atoms with Crippen LogP contribution in [0, 0.1) is 5.82 Å². The largest absolute Gasteiger partial charge is 0.488 e. The Kier molecular flexibility index (Phi) is 4.27. The number of hydrogen-bond donors (Lipinski definition) is 0. The number of carbonyl (C=O) groups is 1. The van der Waals surface area contributed by atoms with Gasteiger partial charge in [0.15, 0.2) is 5.78 Å². The number of nitrogens with zero attached hydrogens (tertiary/aromatic N) is 1. The molecule has 0 amide bonds. The van der Waals surface area contributed by atoms with Crippen molar-refractivity contribution in [1.82, 2.24) is 4.98 Å². The number of benzene rings is 1. The smallest absolute Gasteiger partial charge is 0.163 e. The van der Waals surface area contributed by atoms with Gasteiger partial charge >= 0.3 is 0 Å². The third kappa shape index (κ3) is 3.61. The lowest BCUT2D eigenvalue weighted by Crippen LogP contribution is -2.02. The van der Waals surface area contributed by atoms with Crippen molar-refractivity contribution in [3.8, 4) is 5.75 Å². The maximum atomic E-state index is 13.1. The predicted molar refractivity (Wildman–Crippen MR) is 72.7 cm³/mol. The van der Waals surface area contributed by atoms with Crippen LogP contribution >= 0.6 is 15.9 Å². The van der Waals surface area contributed by atoms with Gasteiger partial charge in [-0.2, -0.15) is 0 Å². The first-order valence-corrected chi connectivity index (χ1v) is 6.38. The van der Waals surface area contributed by atoms with Crippen LogP contribution in [0.15, 0.2) is 41.1 Å². The molecule has 0 unspecified atom stereocenters. The van der Waals surface area contributed by atoms with Crippen LogP contribution in [0.5, 0.6) is 5.75 Å². The summed E-state index contributed by atoms with van der Waals surface area (Å²) in [5, 5.41) is 0. The monoisotopic (exact) mass is 323 g/mol. The van der Waals surface area contributed by atoms with Crippen molar-refractivity contribution in [3.63, 3.8) is 0 Å². The lowest BCUT2D eigenvalue weighted by molar-refractivity contribution is 0.101. The van der Waals surface area contributed by atoms with Crippen LogP contribution in [-0.4, -0.2) is 10.8 Å². The Balaban J connectivity index is 2.17. The first-order valence-electron chi connectivity index (χ1n) is 5.59. The maximum Gasteiger partial charge on any atom is 0.163 e. The third-order valence-electron chi connectivity index (χ3n) is 2.48. The van der Waals surface area contributed by atoms with E-state index in [4.69, 9.17) is 4.74 Å². The molecule has 0 fully saturated rings. The van der Waals surface area contributed by atoms with Gasteiger partial charge in [0.05, 0.1) is 5.56 Å². The summed E-state index contributed by atoms with van der Waals surface area (Å²) >= 11 is 3.31. The zero-order chi connectivity index (χ0) is 13.8. The van der Waals surface area contributed by atoms with E-state index in [0.29, 0.717) is 5.75 Å². The summed E-state index contributed by atoms with van der Waals surface area (Å²) in [7, 11) is 0. The topological polar surface area (TPSA) is 39.2 Å². The molecule has 2 rings (SSSR count). The molecule has 0 aliphatic rings. The zero-order valence-electron chi connectivity index (χ0n) is 10.2. The standard InChI is InChI=1S/C14H11BrFNO2/c1-9(18)13-5-12(16)2-3-14(13)19-8-10-4-11(15)7-17-6-10/h2-7H,8H2,1H3. The summed E-state index contributed by atoms with van der Waals surface area (Å²) in [5.41, 5.74) is 1.09. The second kappa shape index (κ2) is 5.93. The fraction of sp³-hybridized carbons (Fsp3) is 0.143. The fourth-order valence-corrected chi connectivity index (χ4v) is 2.01. The van der Waals surface area contributed by atoms with Crippen LogP contribution in [0.4, 0.5) is 4.39 Å². The SMILES string of the molecule is CC(=O)c1cc(F)ccc1OCc1cncc(Br)c1. The van der Waals surface area contributed by atoms with Crippen molar-refractivity contribution in [2.75, 3.05) is 0 Å². The highest BCUT2D eigenvalue weighted by Crippen LogP contribution is 2.22. The Hall–Kier alpha value is -1.75. The van der Waals surface area contributed by atoms with Crippen LogP contribution in [0.3, 0.4) is 0 Å². The molecule has 0 atom stereocenters. The Bertz CT molecular complexity index is 616. The summed E-state index contributed by atoms with van der Waals surface area (Å²) in [4.78, 5) is 15.4. The van der Waals surface area contributed by atoms with Gasteiger partial charge < -0.3 is 4.74 Å². The molecule has 0 saturated heterocycles. The Labute approximate surface area is 118 Å². The van der Waals surface area contributed by atoms with Crippen LogP contribution < -0.4 is 4.74 Å². The number of halogens is 2. The Morgan fingerprint density at radius 3 is 2.84 bits per heavy atom. The van der Waals surface area contributed by atoms with Crippen LogP contribution in [-0.2, 0) is 6.61 Å². The van der Waals surface area contributed by atoms with Gasteiger partial charge in [-0.3, -0.25) is 9.78 Å². The van der Waals surface area contributed by atoms with Gasteiger partial charge in [-0.1, -0.05) is 0 Å². The molecule has 19 heavy (non-hydrogen) atoms. The van der Waals surface area contributed by atoms with Gasteiger partial charge in [0, 0.05) is 22.4 Å². The van der Waals surface area contributed by atoms with Gasteiger partial charge in [0.2, 0.25) is 0 Å². The molecule has 5 heteroatoms. The highest BCUT2D eigenvalue weighted by Gasteiger charge is 2.10. The van der Waals surface area contributed by atoms with E-state index >= 15 is 0 Å². The molecule has 0 radical (unpaired) electrons. The molecule has 0 bridgehead atoms. The Morgan fingerprint density at radius 1 is 1.37 bits per heavy atom. The highest BCUT2D eigenvalue weighted by atomic mass is 79.9. The third-order valence-corrected chi connectivity index (χ3v) is 2.91. The van der Waals surface area contributed by atoms with Gasteiger partial charge in [-0.05, 0) is 47.1 Å². The van der Waals surface area contributed by atoms with Gasteiger partial charge in [0.1, 0.15) is 18.2 Å². The van der Waals surface area contributed by atoms with E-state index in [0.717, 1.165) is 10.0 Å². The van der Waals surface area contributed by atoms with Crippen molar-refractivity contribution in [2.45, 2.75) is 13.5 Å². The minimum atomic E-state index is -0.457. The minimum Gasteiger partial charge on any atom is -0.488 e. The van der Waals surface area contributed by atoms with E-state index in [1.54, 1.807) is 12.4 Å². The number of aromatic nitrogens is 1. The van der Waals surface area contributed by atoms with Crippen molar-refractivity contribution in [2.24, 2.45) is 0 Å². The molecule has 98 valence electrons. The average molecular weight is 324 g/mol. The number of hydrogen-bond acceptors (Lipinski definition) is 3. The van der Waals surface area contributed by atoms with Crippen molar-refractivity contribution >= 4 is 21.7 Å². The van der Waals surface area contributed by atoms with E-state index in [-0.39, 0.29) is 18.0 Å². The molecule has 0 N–H and O–H groups in total. The molecule has 0 saturated carbocycles. The number of Topliss-reactive ketones (excluding diaryl/α,β-unsaturated/α-hetero) is 1. The van der Waals surface area contributed by atoms with E-state index < -0.39 is 5.82 Å². The highest BCUT2D eigenvalue weighted by molar-refractivity contribution is 9.10. The van der Waals surface area contributed by atoms with E-state index in [1.165, 1.54) is 25.1 Å². The van der Waals surface area contributed by atoms with Crippen molar-refractivity contribution in [1.29, 1.82) is 0 Å². The van der Waals surface area contributed by atoms with Gasteiger partial charge in [0.25, 0.3) is 0 Å². The normalized spacial score (nSPS) is 10.3. The molecule has 0 aliphatic heterocycles.